The van der Waals surface area contributed by atoms with Gasteiger partial charge in [-0.25, -0.2) is 9.34 Å². The summed E-state index contributed by atoms with van der Waals surface area (Å²) in [5.74, 6) is 0. The van der Waals surface area contributed by atoms with E-state index in [1.165, 1.54) is 31.2 Å². The van der Waals surface area contributed by atoms with Gasteiger partial charge in [-0.05, 0) is 32.5 Å². The van der Waals surface area contributed by atoms with Crippen molar-refractivity contribution >= 4 is 7.44 Å². The second kappa shape index (κ2) is 5.05. The number of hydrogen-bond donors (Lipinski definition) is 0. The molecule has 0 bridgehead atoms. The summed E-state index contributed by atoms with van der Waals surface area (Å²) in [5, 5.41) is 0. The lowest BCUT2D eigenvalue weighted by atomic mass is 9.91. The Balaban J connectivity index is 1.88. The third-order valence-electron chi connectivity index (χ3n) is 4.87. The molecule has 19 heavy (non-hydrogen) atoms. The van der Waals surface area contributed by atoms with Crippen molar-refractivity contribution in [3.05, 3.63) is 35.9 Å². The Hall–Kier alpha value is -0.630. The van der Waals surface area contributed by atoms with E-state index in [-0.39, 0.29) is 0 Å². The summed E-state index contributed by atoms with van der Waals surface area (Å²) in [7, 11) is 1.72. The topological polar surface area (TPSA) is 23.6 Å². The van der Waals surface area contributed by atoms with Crippen molar-refractivity contribution in [3.63, 3.8) is 0 Å². The summed E-state index contributed by atoms with van der Waals surface area (Å²) < 4.78 is 17.9. The number of fused-ring (bicyclic) bond motifs is 1. The molecule has 0 unspecified atom stereocenters. The van der Waals surface area contributed by atoms with Gasteiger partial charge in [-0.1, -0.05) is 43.2 Å². The van der Waals surface area contributed by atoms with Crippen LogP contribution in [0.15, 0.2) is 30.3 Å². The fourth-order valence-electron chi connectivity index (χ4n) is 3.69. The fraction of sp³-hybridized carbons (Fsp3) is 0.600. The molecule has 1 saturated heterocycles. The molecule has 104 valence electrons. The Morgan fingerprint density at radius 1 is 1.05 bits per heavy atom. The Bertz CT molecular complexity index is 468. The Morgan fingerprint density at radius 3 is 2.11 bits per heavy atom. The molecule has 3 nitrogen and oxygen atoms in total. The van der Waals surface area contributed by atoms with Crippen molar-refractivity contribution < 1.29 is 4.57 Å². The van der Waals surface area contributed by atoms with Crippen LogP contribution in [-0.4, -0.2) is 35.5 Å². The minimum absolute atomic E-state index is 0.494. The van der Waals surface area contributed by atoms with Gasteiger partial charge in [0.25, 0.3) is 0 Å². The molecular weight excluding hydrogens is 255 g/mol. The molecular formula is C15H23N2OP. The molecule has 1 saturated carbocycles. The minimum atomic E-state index is -2.41. The smallest absolute Gasteiger partial charge is 0.220 e. The number of hydrogen-bond acceptors (Lipinski definition) is 1. The van der Waals surface area contributed by atoms with E-state index in [9.17, 15) is 4.57 Å². The maximum Gasteiger partial charge on any atom is 0.220 e. The quantitative estimate of drug-likeness (QED) is 0.773. The molecule has 4 heteroatoms. The van der Waals surface area contributed by atoms with Crippen molar-refractivity contribution in [2.45, 2.75) is 43.9 Å². The fourth-order valence-corrected chi connectivity index (χ4v) is 6.74. The lowest BCUT2D eigenvalue weighted by Crippen LogP contribution is -2.37. The molecule has 2 aliphatic rings. The Labute approximate surface area is 116 Å². The molecule has 1 aromatic rings. The van der Waals surface area contributed by atoms with Crippen LogP contribution < -0.4 is 0 Å². The highest BCUT2D eigenvalue weighted by atomic mass is 31.2. The van der Waals surface area contributed by atoms with Crippen molar-refractivity contribution in [1.82, 2.24) is 9.34 Å². The zero-order valence-electron chi connectivity index (χ0n) is 11.8. The third-order valence-corrected chi connectivity index (χ3v) is 8.21. The first-order chi connectivity index (χ1) is 9.13. The van der Waals surface area contributed by atoms with Gasteiger partial charge in [-0.2, -0.15) is 0 Å². The molecule has 1 aliphatic carbocycles. The number of nitrogens with zero attached hydrogens (tertiary/aromatic N) is 2. The molecule has 1 heterocycles. The predicted molar refractivity (Wildman–Crippen MR) is 79.3 cm³/mol. The van der Waals surface area contributed by atoms with Gasteiger partial charge in [0.15, 0.2) is 0 Å². The first kappa shape index (κ1) is 13.4. The average Bonchev–Trinajstić information content (AvgIpc) is 2.63. The third kappa shape index (κ3) is 2.18. The van der Waals surface area contributed by atoms with E-state index in [1.54, 1.807) is 0 Å². The molecule has 2 fully saturated rings. The predicted octanol–water partition coefficient (Wildman–Crippen LogP) is 3.57. The Kier molecular flexibility index (Phi) is 3.55. The highest BCUT2D eigenvalue weighted by molar-refractivity contribution is 7.58. The van der Waals surface area contributed by atoms with Gasteiger partial charge in [0.1, 0.15) is 0 Å². The molecule has 0 spiro atoms. The van der Waals surface area contributed by atoms with E-state index in [2.05, 4.69) is 35.6 Å². The molecule has 0 N–H and O–H groups in total. The zero-order chi connectivity index (χ0) is 13.5. The number of likely N-dealkylation sites (N-methyl/N-ethyl adjacent to an activating group) is 2. The van der Waals surface area contributed by atoms with Crippen LogP contribution in [0.2, 0.25) is 0 Å². The maximum absolute atomic E-state index is 13.5. The van der Waals surface area contributed by atoms with Gasteiger partial charge in [0.05, 0.1) is 6.16 Å². The van der Waals surface area contributed by atoms with E-state index in [4.69, 9.17) is 0 Å². The molecule has 0 aromatic heterocycles. The van der Waals surface area contributed by atoms with E-state index >= 15 is 0 Å². The first-order valence-electron chi connectivity index (χ1n) is 7.22. The monoisotopic (exact) mass is 278 g/mol. The summed E-state index contributed by atoms with van der Waals surface area (Å²) in [6.07, 6.45) is 5.64. The lowest BCUT2D eigenvalue weighted by molar-refractivity contribution is 0.233. The summed E-state index contributed by atoms with van der Waals surface area (Å²) in [6, 6.07) is 11.2. The lowest BCUT2D eigenvalue weighted by Gasteiger charge is -2.28. The van der Waals surface area contributed by atoms with Gasteiger partial charge in [-0.15, -0.1) is 0 Å². The number of benzene rings is 1. The standard InChI is InChI=1S/C15H23N2OP/c1-16-14-10-6-7-11-15(14)17(2)19(16,18)12-13-8-4-3-5-9-13/h3-5,8-9,14-15H,6-7,10-12H2,1-2H3/t14-,15-/m1/s1. The average molecular weight is 278 g/mol. The SMILES string of the molecule is CN1[C@@H]2CCCC[C@H]2N(C)P1(=O)Cc1ccccc1. The van der Waals surface area contributed by atoms with Crippen LogP contribution in [0.4, 0.5) is 0 Å². The summed E-state index contributed by atoms with van der Waals surface area (Å²) in [5.41, 5.74) is 1.18. The maximum atomic E-state index is 13.5. The van der Waals surface area contributed by atoms with Crippen LogP contribution in [0, 0.1) is 0 Å². The molecule has 3 rings (SSSR count). The van der Waals surface area contributed by atoms with Crippen molar-refractivity contribution in [2.75, 3.05) is 14.1 Å². The van der Waals surface area contributed by atoms with Gasteiger partial charge in [-0.3, -0.25) is 4.57 Å². The van der Waals surface area contributed by atoms with E-state index in [0.717, 1.165) is 0 Å². The first-order valence-corrected chi connectivity index (χ1v) is 9.02. The van der Waals surface area contributed by atoms with Crippen LogP contribution in [-0.2, 0) is 10.7 Å². The summed E-state index contributed by atoms with van der Waals surface area (Å²) in [4.78, 5) is 0. The molecule has 0 amide bonds. The van der Waals surface area contributed by atoms with Crippen molar-refractivity contribution in [2.24, 2.45) is 0 Å². The van der Waals surface area contributed by atoms with Crippen LogP contribution in [0.5, 0.6) is 0 Å². The van der Waals surface area contributed by atoms with Crippen LogP contribution in [0.25, 0.3) is 0 Å². The number of rotatable bonds is 2. The summed E-state index contributed by atoms with van der Waals surface area (Å²) >= 11 is 0. The largest absolute Gasteiger partial charge is 0.288 e. The van der Waals surface area contributed by atoms with Gasteiger partial charge < -0.3 is 0 Å². The second-order valence-corrected chi connectivity index (χ2v) is 8.78. The van der Waals surface area contributed by atoms with Crippen LogP contribution in [0.1, 0.15) is 31.2 Å². The normalized spacial score (nSPS) is 31.3. The molecule has 1 aliphatic heterocycles. The summed E-state index contributed by atoms with van der Waals surface area (Å²) in [6.45, 7) is 0. The zero-order valence-corrected chi connectivity index (χ0v) is 12.7. The van der Waals surface area contributed by atoms with Gasteiger partial charge >= 0.3 is 0 Å². The van der Waals surface area contributed by atoms with E-state index in [1.807, 2.05) is 18.2 Å². The highest BCUT2D eigenvalue weighted by Crippen LogP contribution is 2.63. The van der Waals surface area contributed by atoms with Crippen LogP contribution >= 0.6 is 7.44 Å². The highest BCUT2D eigenvalue weighted by Gasteiger charge is 2.51. The van der Waals surface area contributed by atoms with Crippen molar-refractivity contribution in [1.29, 1.82) is 0 Å². The van der Waals surface area contributed by atoms with Crippen molar-refractivity contribution in [3.8, 4) is 0 Å². The van der Waals surface area contributed by atoms with Crippen LogP contribution in [0.3, 0.4) is 0 Å². The minimum Gasteiger partial charge on any atom is -0.288 e. The molecule has 1 aromatic carbocycles. The van der Waals surface area contributed by atoms with E-state index in [0.29, 0.717) is 18.2 Å². The Morgan fingerprint density at radius 2 is 1.58 bits per heavy atom. The van der Waals surface area contributed by atoms with Gasteiger partial charge in [0, 0.05) is 12.1 Å². The van der Waals surface area contributed by atoms with E-state index < -0.39 is 7.44 Å². The molecule has 2 atom stereocenters. The second-order valence-electron chi connectivity index (χ2n) is 5.87. The van der Waals surface area contributed by atoms with Gasteiger partial charge in [0.2, 0.25) is 7.44 Å². The molecule has 0 radical (unpaired) electrons.